The van der Waals surface area contributed by atoms with E-state index in [0.29, 0.717) is 0 Å². The molecule has 1 heterocycles. The number of piperazine rings is 1. The van der Waals surface area contributed by atoms with Gasteiger partial charge in [-0.15, -0.1) is 13.2 Å². The maximum Gasteiger partial charge on any atom is 0.573 e. The molecule has 4 nitrogen and oxygen atoms in total. The molecule has 1 aromatic rings. The van der Waals surface area contributed by atoms with Crippen LogP contribution in [-0.2, 0) is 0 Å². The quantitative estimate of drug-likeness (QED) is 0.783. The van der Waals surface area contributed by atoms with Crippen LogP contribution in [0.15, 0.2) is 24.3 Å². The fourth-order valence-corrected chi connectivity index (χ4v) is 4.55. The number of nitrogens with zero attached hydrogens (tertiary/aromatic N) is 2. The summed E-state index contributed by atoms with van der Waals surface area (Å²) in [4.78, 5) is 4.79. The Kier molecular flexibility index (Phi) is 6.89. The van der Waals surface area contributed by atoms with Gasteiger partial charge >= 0.3 is 6.36 Å². The molecule has 3 rings (SSSR count). The van der Waals surface area contributed by atoms with Gasteiger partial charge in [-0.25, -0.2) is 0 Å². The molecule has 1 unspecified atom stereocenters. The summed E-state index contributed by atoms with van der Waals surface area (Å²) in [6.45, 7) is 7.87. The van der Waals surface area contributed by atoms with Gasteiger partial charge in [-0.2, -0.15) is 0 Å². The highest BCUT2D eigenvalue weighted by molar-refractivity contribution is 5.31. The summed E-state index contributed by atoms with van der Waals surface area (Å²) < 4.78 is 41.4. The molecule has 1 saturated carbocycles. The van der Waals surface area contributed by atoms with Crippen molar-refractivity contribution >= 4 is 0 Å². The standard InChI is InChI=1S/C21H31F3N2O2/c1-2-25-12-14-26(15-13-25)16-19(20(27)10-4-3-5-11-20)17-6-8-18(9-7-17)28-21(22,23)24/h6-9,19,27H,2-5,10-16H2,1H3. The monoisotopic (exact) mass is 400 g/mol. The van der Waals surface area contributed by atoms with Crippen molar-refractivity contribution in [2.75, 3.05) is 39.3 Å². The molecule has 0 spiro atoms. The molecule has 1 aromatic carbocycles. The zero-order valence-corrected chi connectivity index (χ0v) is 16.5. The number of ether oxygens (including phenoxy) is 1. The highest BCUT2D eigenvalue weighted by atomic mass is 19.4. The van der Waals surface area contributed by atoms with Crippen LogP contribution in [0.4, 0.5) is 13.2 Å². The first-order valence-corrected chi connectivity index (χ1v) is 10.3. The van der Waals surface area contributed by atoms with E-state index in [1.807, 2.05) is 0 Å². The molecular weight excluding hydrogens is 369 g/mol. The number of likely N-dealkylation sites (N-methyl/N-ethyl adjacent to an activating group) is 1. The molecule has 0 radical (unpaired) electrons. The second kappa shape index (κ2) is 9.01. The first-order chi connectivity index (χ1) is 13.3. The zero-order valence-electron chi connectivity index (χ0n) is 16.5. The average molecular weight is 400 g/mol. The number of halogens is 3. The van der Waals surface area contributed by atoms with Gasteiger partial charge in [0.15, 0.2) is 0 Å². The zero-order chi connectivity index (χ0) is 20.2. The largest absolute Gasteiger partial charge is 0.573 e. The molecule has 0 aromatic heterocycles. The maximum atomic E-state index is 12.4. The van der Waals surface area contributed by atoms with E-state index < -0.39 is 12.0 Å². The lowest BCUT2D eigenvalue weighted by molar-refractivity contribution is -0.274. The third-order valence-electron chi connectivity index (χ3n) is 6.24. The fourth-order valence-electron chi connectivity index (χ4n) is 4.55. The Bertz CT molecular complexity index is 607. The summed E-state index contributed by atoms with van der Waals surface area (Å²) in [5.74, 6) is -0.330. The second-order valence-electron chi connectivity index (χ2n) is 8.07. The van der Waals surface area contributed by atoms with Gasteiger partial charge in [-0.05, 0) is 37.1 Å². The Balaban J connectivity index is 1.76. The molecule has 0 amide bonds. The van der Waals surface area contributed by atoms with Crippen LogP contribution in [0.2, 0.25) is 0 Å². The minimum atomic E-state index is -4.69. The summed E-state index contributed by atoms with van der Waals surface area (Å²) in [6.07, 6.45) is -0.0947. The Morgan fingerprint density at radius 2 is 1.57 bits per heavy atom. The second-order valence-corrected chi connectivity index (χ2v) is 8.07. The van der Waals surface area contributed by atoms with Crippen molar-refractivity contribution in [1.29, 1.82) is 0 Å². The highest BCUT2D eigenvalue weighted by Crippen LogP contribution is 2.41. The minimum Gasteiger partial charge on any atom is -0.406 e. The summed E-state index contributed by atoms with van der Waals surface area (Å²) >= 11 is 0. The summed E-state index contributed by atoms with van der Waals surface area (Å²) in [5.41, 5.74) is 0.0869. The van der Waals surface area contributed by atoms with Crippen molar-refractivity contribution in [2.24, 2.45) is 0 Å². The summed E-state index contributed by atoms with van der Waals surface area (Å²) in [5, 5.41) is 11.4. The molecule has 158 valence electrons. The van der Waals surface area contributed by atoms with E-state index >= 15 is 0 Å². The Morgan fingerprint density at radius 1 is 1.00 bits per heavy atom. The molecular formula is C21H31F3N2O2. The molecule has 0 bridgehead atoms. The van der Waals surface area contributed by atoms with Crippen LogP contribution in [0.1, 0.15) is 50.5 Å². The van der Waals surface area contributed by atoms with Gasteiger partial charge in [0.25, 0.3) is 0 Å². The minimum absolute atomic E-state index is 0.110. The van der Waals surface area contributed by atoms with Crippen molar-refractivity contribution < 1.29 is 23.0 Å². The van der Waals surface area contributed by atoms with Crippen LogP contribution >= 0.6 is 0 Å². The molecule has 1 atom stereocenters. The van der Waals surface area contributed by atoms with Crippen LogP contribution < -0.4 is 4.74 Å². The van der Waals surface area contributed by atoms with Crippen molar-refractivity contribution in [2.45, 2.75) is 56.9 Å². The van der Waals surface area contributed by atoms with Crippen LogP contribution in [0.5, 0.6) is 5.75 Å². The third-order valence-corrected chi connectivity index (χ3v) is 6.24. The number of rotatable bonds is 6. The summed E-state index contributed by atoms with van der Waals surface area (Å²) in [6, 6.07) is 6.08. The van der Waals surface area contributed by atoms with Crippen LogP contribution in [0.25, 0.3) is 0 Å². The highest BCUT2D eigenvalue weighted by Gasteiger charge is 2.40. The maximum absolute atomic E-state index is 12.4. The van der Waals surface area contributed by atoms with E-state index in [-0.39, 0.29) is 11.7 Å². The molecule has 1 saturated heterocycles. The van der Waals surface area contributed by atoms with Gasteiger partial charge in [0.1, 0.15) is 5.75 Å². The molecule has 7 heteroatoms. The van der Waals surface area contributed by atoms with Gasteiger partial charge in [0.2, 0.25) is 0 Å². The third kappa shape index (κ3) is 5.61. The fraction of sp³-hybridized carbons (Fsp3) is 0.714. The molecule has 2 aliphatic rings. The molecule has 1 aliphatic carbocycles. The number of aliphatic hydroxyl groups is 1. The van der Waals surface area contributed by atoms with E-state index in [9.17, 15) is 18.3 Å². The number of hydrogen-bond acceptors (Lipinski definition) is 4. The lowest BCUT2D eigenvalue weighted by Crippen LogP contribution is -2.50. The van der Waals surface area contributed by atoms with Crippen molar-refractivity contribution in [1.82, 2.24) is 9.80 Å². The number of hydrogen-bond donors (Lipinski definition) is 1. The predicted molar refractivity (Wildman–Crippen MR) is 102 cm³/mol. The van der Waals surface area contributed by atoms with Gasteiger partial charge in [-0.3, -0.25) is 0 Å². The van der Waals surface area contributed by atoms with E-state index in [0.717, 1.165) is 76.9 Å². The lowest BCUT2D eigenvalue weighted by Gasteiger charge is -2.43. The normalized spacial score (nSPS) is 22.8. The van der Waals surface area contributed by atoms with Crippen LogP contribution in [-0.4, -0.2) is 66.1 Å². The average Bonchev–Trinajstić information content (AvgIpc) is 2.67. The van der Waals surface area contributed by atoms with Crippen molar-refractivity contribution in [3.8, 4) is 5.75 Å². The van der Waals surface area contributed by atoms with Gasteiger partial charge in [0.05, 0.1) is 5.60 Å². The van der Waals surface area contributed by atoms with E-state index in [1.54, 1.807) is 12.1 Å². The Morgan fingerprint density at radius 3 is 2.11 bits per heavy atom. The molecule has 2 fully saturated rings. The first-order valence-electron chi connectivity index (χ1n) is 10.3. The summed E-state index contributed by atoms with van der Waals surface area (Å²) in [7, 11) is 0. The van der Waals surface area contributed by atoms with E-state index in [1.165, 1.54) is 12.1 Å². The first kappa shape index (κ1) is 21.4. The van der Waals surface area contributed by atoms with E-state index in [4.69, 9.17) is 0 Å². The van der Waals surface area contributed by atoms with E-state index in [2.05, 4.69) is 21.5 Å². The van der Waals surface area contributed by atoms with Crippen LogP contribution in [0, 0.1) is 0 Å². The lowest BCUT2D eigenvalue weighted by atomic mass is 9.72. The van der Waals surface area contributed by atoms with Crippen molar-refractivity contribution in [3.63, 3.8) is 0 Å². The smallest absolute Gasteiger partial charge is 0.406 e. The number of benzene rings is 1. The number of alkyl halides is 3. The molecule has 1 aliphatic heterocycles. The van der Waals surface area contributed by atoms with Gasteiger partial charge in [-0.1, -0.05) is 38.3 Å². The van der Waals surface area contributed by atoms with Gasteiger partial charge < -0.3 is 19.6 Å². The van der Waals surface area contributed by atoms with Gasteiger partial charge in [0, 0.05) is 38.6 Å². The van der Waals surface area contributed by atoms with Crippen molar-refractivity contribution in [3.05, 3.63) is 29.8 Å². The topological polar surface area (TPSA) is 35.9 Å². The predicted octanol–water partition coefficient (Wildman–Crippen LogP) is 4.00. The SMILES string of the molecule is CCN1CCN(CC(c2ccc(OC(F)(F)F)cc2)C2(O)CCCCC2)CC1. The Labute approximate surface area is 165 Å². The van der Waals surface area contributed by atoms with Crippen LogP contribution in [0.3, 0.4) is 0 Å². The Hall–Kier alpha value is -1.31. The molecule has 1 N–H and O–H groups in total. The molecule has 28 heavy (non-hydrogen) atoms.